The molecule has 1 aliphatic rings. The van der Waals surface area contributed by atoms with Gasteiger partial charge in [0.25, 0.3) is 0 Å². The van der Waals surface area contributed by atoms with Crippen LogP contribution in [-0.2, 0) is 0 Å². The molecular weight excluding hydrogens is 124 g/mol. The van der Waals surface area contributed by atoms with Crippen molar-refractivity contribution in [1.29, 1.82) is 0 Å². The van der Waals surface area contributed by atoms with Gasteiger partial charge < -0.3 is 0 Å². The van der Waals surface area contributed by atoms with Crippen molar-refractivity contribution in [3.05, 3.63) is 12.3 Å². The molecule has 1 rings (SSSR count). The van der Waals surface area contributed by atoms with E-state index in [1.54, 1.807) is 18.6 Å². The molecule has 0 aromatic carbocycles. The predicted octanol–water partition coefficient (Wildman–Crippen LogP) is 1.82. The molecule has 10 heavy (non-hydrogen) atoms. The van der Waals surface area contributed by atoms with Crippen LogP contribution < -0.4 is 0 Å². The number of nitrogens with zero attached hydrogens (tertiary/aromatic N) is 2. The van der Waals surface area contributed by atoms with E-state index < -0.39 is 0 Å². The molecule has 0 saturated carbocycles. The maximum Gasteiger partial charge on any atom is 0.0775 e. The summed E-state index contributed by atoms with van der Waals surface area (Å²) >= 11 is 0. The average Bonchev–Trinajstić information content (AvgIpc) is 2.15. The molecule has 0 N–H and O–H groups in total. The van der Waals surface area contributed by atoms with Crippen LogP contribution in [0.3, 0.4) is 0 Å². The van der Waals surface area contributed by atoms with Crippen molar-refractivity contribution in [3.63, 3.8) is 0 Å². The minimum atomic E-state index is -0.0312. The summed E-state index contributed by atoms with van der Waals surface area (Å²) in [7, 11) is 0. The molecule has 0 aliphatic carbocycles. The Morgan fingerprint density at radius 1 is 1.40 bits per heavy atom. The van der Waals surface area contributed by atoms with Gasteiger partial charge in [0, 0.05) is 18.6 Å². The van der Waals surface area contributed by atoms with Crippen molar-refractivity contribution in [2.24, 2.45) is 9.98 Å². The van der Waals surface area contributed by atoms with E-state index in [-0.39, 0.29) is 5.54 Å². The quantitative estimate of drug-likeness (QED) is 0.525. The molecule has 0 bridgehead atoms. The summed E-state index contributed by atoms with van der Waals surface area (Å²) in [5.41, 5.74) is -0.0312. The summed E-state index contributed by atoms with van der Waals surface area (Å²) in [6.45, 7) is 4.21. The van der Waals surface area contributed by atoms with Gasteiger partial charge in [0.05, 0.1) is 5.54 Å². The molecule has 0 saturated heterocycles. The lowest BCUT2D eigenvalue weighted by Crippen LogP contribution is -2.16. The van der Waals surface area contributed by atoms with E-state index in [0.717, 1.165) is 6.42 Å². The van der Waals surface area contributed by atoms with Crippen molar-refractivity contribution in [2.75, 3.05) is 0 Å². The second kappa shape index (κ2) is 2.78. The highest BCUT2D eigenvalue weighted by molar-refractivity contribution is 6.16. The van der Waals surface area contributed by atoms with Crippen molar-refractivity contribution in [1.82, 2.24) is 0 Å². The van der Waals surface area contributed by atoms with Crippen LogP contribution in [-0.4, -0.2) is 18.0 Å². The molecule has 1 aliphatic heterocycles. The Labute approximate surface area is 61.4 Å². The fourth-order valence-corrected chi connectivity index (χ4v) is 0.748. The van der Waals surface area contributed by atoms with E-state index in [0.29, 0.717) is 0 Å². The van der Waals surface area contributed by atoms with Crippen LogP contribution in [0, 0.1) is 0 Å². The molecule has 1 unspecified atom stereocenters. The van der Waals surface area contributed by atoms with E-state index in [9.17, 15) is 0 Å². The third-order valence-electron chi connectivity index (χ3n) is 1.76. The predicted molar refractivity (Wildman–Crippen MR) is 44.8 cm³/mol. The van der Waals surface area contributed by atoms with Gasteiger partial charge in [-0.15, -0.1) is 0 Å². The van der Waals surface area contributed by atoms with E-state index in [1.165, 1.54) is 0 Å². The molecular formula is C8H12N2. The van der Waals surface area contributed by atoms with E-state index >= 15 is 0 Å². The average molecular weight is 136 g/mol. The van der Waals surface area contributed by atoms with Crippen molar-refractivity contribution in [2.45, 2.75) is 25.8 Å². The zero-order chi connectivity index (χ0) is 7.45. The highest BCUT2D eigenvalue weighted by Crippen LogP contribution is 2.16. The zero-order valence-corrected chi connectivity index (χ0v) is 6.41. The highest BCUT2D eigenvalue weighted by atomic mass is 14.9. The fraction of sp³-hybridized carbons (Fsp3) is 0.500. The summed E-state index contributed by atoms with van der Waals surface area (Å²) in [4.78, 5) is 8.27. The topological polar surface area (TPSA) is 24.7 Å². The van der Waals surface area contributed by atoms with Gasteiger partial charge in [-0.05, 0) is 19.4 Å². The zero-order valence-electron chi connectivity index (χ0n) is 6.41. The summed E-state index contributed by atoms with van der Waals surface area (Å²) in [5, 5.41) is 0. The Kier molecular flexibility index (Phi) is 2.00. The minimum absolute atomic E-state index is 0.0312. The smallest absolute Gasteiger partial charge is 0.0775 e. The summed E-state index contributed by atoms with van der Waals surface area (Å²) in [6, 6.07) is 0. The number of rotatable bonds is 1. The second-order valence-electron chi connectivity index (χ2n) is 2.60. The number of hydrogen-bond acceptors (Lipinski definition) is 2. The molecule has 2 nitrogen and oxygen atoms in total. The van der Waals surface area contributed by atoms with E-state index in [2.05, 4.69) is 23.8 Å². The molecule has 1 atom stereocenters. The molecule has 1 heterocycles. The molecule has 0 fully saturated rings. The summed E-state index contributed by atoms with van der Waals surface area (Å²) in [5.74, 6) is 0. The molecule has 0 spiro atoms. The Morgan fingerprint density at radius 2 is 2.20 bits per heavy atom. The first kappa shape index (κ1) is 7.19. The first-order chi connectivity index (χ1) is 4.77. The van der Waals surface area contributed by atoms with Crippen LogP contribution >= 0.6 is 0 Å². The van der Waals surface area contributed by atoms with Crippen molar-refractivity contribution >= 4 is 12.4 Å². The van der Waals surface area contributed by atoms with Crippen LogP contribution in [0.15, 0.2) is 22.3 Å². The molecule has 0 amide bonds. The maximum absolute atomic E-state index is 4.31. The third kappa shape index (κ3) is 1.53. The first-order valence-corrected chi connectivity index (χ1v) is 3.51. The summed E-state index contributed by atoms with van der Waals surface area (Å²) in [6.07, 6.45) is 8.30. The van der Waals surface area contributed by atoms with Crippen LogP contribution in [0.2, 0.25) is 0 Å². The molecule has 0 aromatic heterocycles. The van der Waals surface area contributed by atoms with Gasteiger partial charge in [0.2, 0.25) is 0 Å². The lowest BCUT2D eigenvalue weighted by atomic mass is 10.0. The Balaban J connectivity index is 2.80. The van der Waals surface area contributed by atoms with Gasteiger partial charge in [-0.3, -0.25) is 9.98 Å². The number of hydrogen-bond donors (Lipinski definition) is 0. The minimum Gasteiger partial charge on any atom is -0.281 e. The lowest BCUT2D eigenvalue weighted by molar-refractivity contribution is 0.570. The van der Waals surface area contributed by atoms with Crippen molar-refractivity contribution < 1.29 is 0 Å². The second-order valence-corrected chi connectivity index (χ2v) is 2.60. The Bertz CT molecular complexity index is 173. The lowest BCUT2D eigenvalue weighted by Gasteiger charge is -2.16. The normalized spacial score (nSPS) is 30.6. The van der Waals surface area contributed by atoms with Gasteiger partial charge >= 0.3 is 0 Å². The van der Waals surface area contributed by atoms with Gasteiger partial charge in [-0.25, -0.2) is 0 Å². The largest absolute Gasteiger partial charge is 0.281 e. The van der Waals surface area contributed by atoms with Gasteiger partial charge in [0.15, 0.2) is 0 Å². The van der Waals surface area contributed by atoms with Crippen LogP contribution in [0.25, 0.3) is 0 Å². The third-order valence-corrected chi connectivity index (χ3v) is 1.76. The molecule has 0 aromatic rings. The molecule has 0 radical (unpaired) electrons. The van der Waals surface area contributed by atoms with Crippen LogP contribution in [0.4, 0.5) is 0 Å². The summed E-state index contributed by atoms with van der Waals surface area (Å²) < 4.78 is 0. The Morgan fingerprint density at radius 3 is 2.90 bits per heavy atom. The highest BCUT2D eigenvalue weighted by Gasteiger charge is 2.15. The number of aliphatic imine (C=N–C) groups is 2. The SMILES string of the molecule is CCC1(C)C=CN=CC=N1. The maximum atomic E-state index is 4.31. The van der Waals surface area contributed by atoms with E-state index in [1.807, 2.05) is 6.08 Å². The molecule has 54 valence electrons. The molecule has 2 heteroatoms. The standard InChI is InChI=1S/C8H12N2/c1-3-8(2)4-5-9-6-7-10-8/h4-7H,3H2,1-2H3. The van der Waals surface area contributed by atoms with Crippen molar-refractivity contribution in [3.8, 4) is 0 Å². The van der Waals surface area contributed by atoms with Gasteiger partial charge in [-0.1, -0.05) is 6.92 Å². The van der Waals surface area contributed by atoms with E-state index in [4.69, 9.17) is 0 Å². The fourth-order valence-electron chi connectivity index (χ4n) is 0.748. The monoisotopic (exact) mass is 136 g/mol. The van der Waals surface area contributed by atoms with Gasteiger partial charge in [-0.2, -0.15) is 0 Å². The van der Waals surface area contributed by atoms with Crippen LogP contribution in [0.5, 0.6) is 0 Å². The van der Waals surface area contributed by atoms with Crippen LogP contribution in [0.1, 0.15) is 20.3 Å². The first-order valence-electron chi connectivity index (χ1n) is 3.51. The Hall–Kier alpha value is -0.920. The van der Waals surface area contributed by atoms with Gasteiger partial charge in [0.1, 0.15) is 0 Å².